The van der Waals surface area contributed by atoms with E-state index in [1.165, 1.54) is 6.21 Å². The molecule has 0 saturated heterocycles. The van der Waals surface area contributed by atoms with E-state index < -0.39 is 6.10 Å². The molecule has 6 nitrogen and oxygen atoms in total. The van der Waals surface area contributed by atoms with E-state index in [4.69, 9.17) is 9.47 Å². The summed E-state index contributed by atoms with van der Waals surface area (Å²) in [4.78, 5) is 12.0. The molecule has 7 heteroatoms. The van der Waals surface area contributed by atoms with Gasteiger partial charge in [-0.15, -0.1) is 0 Å². The second-order valence-corrected chi connectivity index (χ2v) is 5.97. The van der Waals surface area contributed by atoms with Crippen LogP contribution in [0.25, 0.3) is 0 Å². The van der Waals surface area contributed by atoms with Gasteiger partial charge in [-0.1, -0.05) is 12.1 Å². The van der Waals surface area contributed by atoms with Crippen LogP contribution in [-0.4, -0.2) is 29.9 Å². The maximum Gasteiger partial charge on any atom is 0.284 e. The number of phenolic OH excluding ortho intramolecular Hbond substituents is 1. The molecule has 1 heterocycles. The number of nitrogens with one attached hydrogen (secondary N) is 1. The minimum absolute atomic E-state index is 0.134. The van der Waals surface area contributed by atoms with E-state index in [9.17, 15) is 9.90 Å². The molecule has 0 radical (unpaired) electrons. The van der Waals surface area contributed by atoms with Gasteiger partial charge in [0.1, 0.15) is 12.4 Å². The highest BCUT2D eigenvalue weighted by atomic mass is 127. The number of halogens is 1. The number of carbonyl (C=O) groups is 1. The van der Waals surface area contributed by atoms with Gasteiger partial charge in [0.25, 0.3) is 5.91 Å². The number of amides is 1. The molecule has 0 bridgehead atoms. The monoisotopic (exact) mass is 424 g/mol. The largest absolute Gasteiger partial charge is 0.507 e. The van der Waals surface area contributed by atoms with E-state index in [0.29, 0.717) is 15.1 Å². The van der Waals surface area contributed by atoms with Crippen LogP contribution in [0.4, 0.5) is 0 Å². The number of rotatable bonds is 3. The van der Waals surface area contributed by atoms with Gasteiger partial charge in [-0.2, -0.15) is 5.10 Å². The number of hydrogen-bond donors (Lipinski definition) is 2. The van der Waals surface area contributed by atoms with Crippen molar-refractivity contribution in [3.8, 4) is 17.2 Å². The second-order valence-electron chi connectivity index (χ2n) is 4.81. The maximum absolute atomic E-state index is 12.0. The molecule has 1 amide bonds. The van der Waals surface area contributed by atoms with Crippen molar-refractivity contribution in [3.63, 3.8) is 0 Å². The molecule has 1 unspecified atom stereocenters. The molecule has 2 aromatic carbocycles. The van der Waals surface area contributed by atoms with Gasteiger partial charge in [0, 0.05) is 0 Å². The second kappa shape index (κ2) is 6.86. The number of hydrogen-bond acceptors (Lipinski definition) is 5. The first-order valence-electron chi connectivity index (χ1n) is 6.83. The molecular formula is C16H13IN2O4. The number of fused-ring (bicyclic) bond motifs is 1. The summed E-state index contributed by atoms with van der Waals surface area (Å²) in [6.07, 6.45) is 0.749. The Kier molecular flexibility index (Phi) is 4.65. The van der Waals surface area contributed by atoms with Crippen molar-refractivity contribution in [2.45, 2.75) is 6.10 Å². The Labute approximate surface area is 146 Å². The van der Waals surface area contributed by atoms with Crippen LogP contribution in [0.2, 0.25) is 0 Å². The lowest BCUT2D eigenvalue weighted by Crippen LogP contribution is -2.42. The molecule has 2 N–H and O–H groups in total. The van der Waals surface area contributed by atoms with Crippen molar-refractivity contribution in [3.05, 3.63) is 51.6 Å². The average molecular weight is 424 g/mol. The Hall–Kier alpha value is -2.29. The molecule has 2 aromatic rings. The summed E-state index contributed by atoms with van der Waals surface area (Å²) >= 11 is 2.02. The topological polar surface area (TPSA) is 80.2 Å². The lowest BCUT2D eigenvalue weighted by Gasteiger charge is -2.24. The van der Waals surface area contributed by atoms with Gasteiger partial charge in [-0.3, -0.25) is 4.79 Å². The molecule has 1 atom stereocenters. The Morgan fingerprint density at radius 2 is 2.09 bits per heavy atom. The van der Waals surface area contributed by atoms with Crippen LogP contribution >= 0.6 is 22.6 Å². The summed E-state index contributed by atoms with van der Waals surface area (Å²) in [6.45, 7) is 0.134. The minimum atomic E-state index is -0.748. The fourth-order valence-electron chi connectivity index (χ4n) is 1.99. The first-order chi connectivity index (χ1) is 11.1. The van der Waals surface area contributed by atoms with Crippen molar-refractivity contribution in [1.29, 1.82) is 0 Å². The molecule has 0 aromatic heterocycles. The average Bonchev–Trinajstić information content (AvgIpc) is 2.57. The molecule has 1 aliphatic rings. The van der Waals surface area contributed by atoms with Crippen LogP contribution in [0.15, 0.2) is 47.6 Å². The van der Waals surface area contributed by atoms with Gasteiger partial charge in [0.05, 0.1) is 9.78 Å². The van der Waals surface area contributed by atoms with Crippen molar-refractivity contribution in [2.75, 3.05) is 6.61 Å². The predicted molar refractivity (Wildman–Crippen MR) is 92.9 cm³/mol. The summed E-state index contributed by atoms with van der Waals surface area (Å²) < 4.78 is 11.8. The summed E-state index contributed by atoms with van der Waals surface area (Å²) in [5.74, 6) is 0.983. The van der Waals surface area contributed by atoms with Crippen LogP contribution in [0.5, 0.6) is 17.2 Å². The van der Waals surface area contributed by atoms with E-state index in [0.717, 1.165) is 5.56 Å². The molecule has 3 rings (SSSR count). The minimum Gasteiger partial charge on any atom is -0.507 e. The standard InChI is InChI=1S/C16H13IN2O4/c17-11-7-10(5-6-12(11)20)8-18-19-16(21)15-9-22-13-3-1-2-4-14(13)23-15/h1-8,15,20H,9H2,(H,19,21)/b18-8+. The highest BCUT2D eigenvalue weighted by Crippen LogP contribution is 2.30. The summed E-state index contributed by atoms with van der Waals surface area (Å²) in [5, 5.41) is 13.4. The zero-order valence-electron chi connectivity index (χ0n) is 11.9. The highest BCUT2D eigenvalue weighted by Gasteiger charge is 2.26. The fourth-order valence-corrected chi connectivity index (χ4v) is 2.53. The van der Waals surface area contributed by atoms with Crippen LogP contribution in [-0.2, 0) is 4.79 Å². The quantitative estimate of drug-likeness (QED) is 0.450. The van der Waals surface area contributed by atoms with E-state index in [1.807, 2.05) is 34.7 Å². The molecule has 1 aliphatic heterocycles. The number of phenols is 1. The van der Waals surface area contributed by atoms with E-state index in [2.05, 4.69) is 10.5 Å². The van der Waals surface area contributed by atoms with Crippen molar-refractivity contribution in [1.82, 2.24) is 5.43 Å². The third-order valence-corrected chi connectivity index (χ3v) is 4.03. The highest BCUT2D eigenvalue weighted by molar-refractivity contribution is 14.1. The van der Waals surface area contributed by atoms with Gasteiger partial charge >= 0.3 is 0 Å². The SMILES string of the molecule is O=C(N/N=C/c1ccc(O)c(I)c1)C1COc2ccccc2O1. The first kappa shape index (κ1) is 15.6. The number of carbonyl (C=O) groups excluding carboxylic acids is 1. The van der Waals surface area contributed by atoms with Gasteiger partial charge in [-0.05, 0) is 58.5 Å². The summed E-state index contributed by atoms with van der Waals surface area (Å²) in [5.41, 5.74) is 3.19. The molecule has 23 heavy (non-hydrogen) atoms. The smallest absolute Gasteiger partial charge is 0.284 e. The van der Waals surface area contributed by atoms with E-state index in [-0.39, 0.29) is 18.3 Å². The van der Waals surface area contributed by atoms with Gasteiger partial charge < -0.3 is 14.6 Å². The van der Waals surface area contributed by atoms with Crippen LogP contribution < -0.4 is 14.9 Å². The van der Waals surface area contributed by atoms with Crippen molar-refractivity contribution in [2.24, 2.45) is 5.10 Å². The molecular weight excluding hydrogens is 411 g/mol. The fraction of sp³-hybridized carbons (Fsp3) is 0.125. The maximum atomic E-state index is 12.0. The number of hydrazone groups is 1. The third-order valence-electron chi connectivity index (χ3n) is 3.16. The Morgan fingerprint density at radius 1 is 1.30 bits per heavy atom. The lowest BCUT2D eigenvalue weighted by atomic mass is 10.2. The van der Waals surface area contributed by atoms with Crippen molar-refractivity contribution < 1.29 is 19.4 Å². The Morgan fingerprint density at radius 3 is 2.87 bits per heavy atom. The molecule has 0 spiro atoms. The third kappa shape index (κ3) is 3.73. The van der Waals surface area contributed by atoms with Crippen molar-refractivity contribution >= 4 is 34.7 Å². The van der Waals surface area contributed by atoms with Gasteiger partial charge in [-0.25, -0.2) is 5.43 Å². The zero-order valence-corrected chi connectivity index (χ0v) is 14.1. The zero-order chi connectivity index (χ0) is 16.2. The molecule has 0 fully saturated rings. The van der Waals surface area contributed by atoms with Gasteiger partial charge in [0.2, 0.25) is 6.10 Å². The predicted octanol–water partition coefficient (Wildman–Crippen LogP) is 2.29. The number of nitrogens with zero attached hydrogens (tertiary/aromatic N) is 1. The Bertz CT molecular complexity index is 763. The van der Waals surface area contributed by atoms with E-state index >= 15 is 0 Å². The van der Waals surface area contributed by atoms with Crippen LogP contribution in [0.3, 0.4) is 0 Å². The normalized spacial score (nSPS) is 16.3. The van der Waals surface area contributed by atoms with Gasteiger partial charge in [0.15, 0.2) is 11.5 Å². The number of ether oxygens (including phenoxy) is 2. The molecule has 118 valence electrons. The Balaban J connectivity index is 1.59. The summed E-state index contributed by atoms with van der Waals surface area (Å²) in [6, 6.07) is 12.2. The van der Waals surface area contributed by atoms with Crippen LogP contribution in [0.1, 0.15) is 5.56 Å². The molecule has 0 saturated carbocycles. The molecule has 0 aliphatic carbocycles. The lowest BCUT2D eigenvalue weighted by molar-refractivity contribution is -0.130. The van der Waals surface area contributed by atoms with Crippen LogP contribution in [0, 0.1) is 3.57 Å². The number of aromatic hydroxyl groups is 1. The summed E-state index contributed by atoms with van der Waals surface area (Å²) in [7, 11) is 0. The van der Waals surface area contributed by atoms with E-state index in [1.54, 1.807) is 30.3 Å². The number of para-hydroxylation sites is 2. The first-order valence-corrected chi connectivity index (χ1v) is 7.91. The number of benzene rings is 2.